The maximum absolute atomic E-state index is 11.5. The van der Waals surface area contributed by atoms with E-state index in [-0.39, 0.29) is 10.7 Å². The second kappa shape index (κ2) is 4.16. The maximum atomic E-state index is 11.5. The van der Waals surface area contributed by atoms with Crippen molar-refractivity contribution < 1.29 is 4.79 Å². The van der Waals surface area contributed by atoms with E-state index in [9.17, 15) is 4.79 Å². The van der Waals surface area contributed by atoms with Gasteiger partial charge >= 0.3 is 0 Å². The fraction of sp³-hybridized carbons (Fsp3) is 0.571. The first kappa shape index (κ1) is 10.4. The fourth-order valence-electron chi connectivity index (χ4n) is 1.24. The molecular formula is C7H8BrN3OS2. The number of rotatable bonds is 2. The lowest BCUT2D eigenvalue weighted by Gasteiger charge is -2.09. The van der Waals surface area contributed by atoms with Crippen molar-refractivity contribution in [3.8, 4) is 0 Å². The lowest BCUT2D eigenvalue weighted by atomic mass is 10.4. The minimum absolute atomic E-state index is 0.121. The summed E-state index contributed by atoms with van der Waals surface area (Å²) in [7, 11) is 0. The van der Waals surface area contributed by atoms with E-state index in [0.717, 1.165) is 4.34 Å². The molecule has 0 bridgehead atoms. The van der Waals surface area contributed by atoms with Gasteiger partial charge in [-0.3, -0.25) is 9.69 Å². The average molecular weight is 294 g/mol. The third-order valence-electron chi connectivity index (χ3n) is 1.88. The van der Waals surface area contributed by atoms with Crippen LogP contribution in [0.3, 0.4) is 0 Å². The van der Waals surface area contributed by atoms with Gasteiger partial charge in [-0.25, -0.2) is 0 Å². The molecule has 2 heterocycles. The molecule has 1 aromatic heterocycles. The summed E-state index contributed by atoms with van der Waals surface area (Å²) >= 11 is 6.44. The molecule has 0 N–H and O–H groups in total. The monoisotopic (exact) mass is 293 g/mol. The zero-order valence-corrected chi connectivity index (χ0v) is 10.7. The zero-order chi connectivity index (χ0) is 10.1. The Morgan fingerprint density at radius 2 is 2.43 bits per heavy atom. The Morgan fingerprint density at radius 1 is 1.64 bits per heavy atom. The van der Waals surface area contributed by atoms with E-state index in [4.69, 9.17) is 0 Å². The first-order valence-electron chi connectivity index (χ1n) is 4.02. The average Bonchev–Trinajstić information content (AvgIpc) is 2.71. The van der Waals surface area contributed by atoms with Gasteiger partial charge in [0.2, 0.25) is 11.0 Å². The number of amides is 1. The second-order valence-electron chi connectivity index (χ2n) is 2.86. The highest BCUT2D eigenvalue weighted by molar-refractivity contribution is 9.09. The Hall–Kier alpha value is -0.140. The molecule has 1 aromatic rings. The molecule has 4 nitrogen and oxygen atoms in total. The highest BCUT2D eigenvalue weighted by Crippen LogP contribution is 2.30. The van der Waals surface area contributed by atoms with Crippen molar-refractivity contribution in [1.29, 1.82) is 0 Å². The van der Waals surface area contributed by atoms with Gasteiger partial charge in [-0.1, -0.05) is 39.0 Å². The van der Waals surface area contributed by atoms with Gasteiger partial charge in [-0.05, 0) is 6.26 Å². The van der Waals surface area contributed by atoms with Crippen LogP contribution in [0.5, 0.6) is 0 Å². The number of anilines is 1. The number of halogens is 1. The summed E-state index contributed by atoms with van der Waals surface area (Å²) in [4.78, 5) is 13.4. The van der Waals surface area contributed by atoms with E-state index in [2.05, 4.69) is 26.1 Å². The van der Waals surface area contributed by atoms with Crippen LogP contribution in [-0.2, 0) is 4.79 Å². The Morgan fingerprint density at radius 3 is 2.93 bits per heavy atom. The third-order valence-corrected chi connectivity index (χ3v) is 4.41. The molecule has 0 aliphatic carbocycles. The fourth-order valence-corrected chi connectivity index (χ4v) is 3.09. The van der Waals surface area contributed by atoms with Crippen LogP contribution in [0.2, 0.25) is 0 Å². The second-order valence-corrected chi connectivity index (χ2v) is 6.16. The molecule has 0 aromatic carbocycles. The van der Waals surface area contributed by atoms with Gasteiger partial charge in [-0.15, -0.1) is 10.2 Å². The highest BCUT2D eigenvalue weighted by atomic mass is 79.9. The normalized spacial score (nSPS) is 22.0. The summed E-state index contributed by atoms with van der Waals surface area (Å²) in [6.07, 6.45) is 2.50. The van der Waals surface area contributed by atoms with Crippen LogP contribution < -0.4 is 4.90 Å². The van der Waals surface area contributed by atoms with Gasteiger partial charge in [-0.2, -0.15) is 0 Å². The lowest BCUT2D eigenvalue weighted by Crippen LogP contribution is -2.24. The number of thioether (sulfide) groups is 1. The van der Waals surface area contributed by atoms with Crippen LogP contribution in [0.15, 0.2) is 4.34 Å². The molecule has 0 spiro atoms. The number of hydrogen-bond donors (Lipinski definition) is 0. The van der Waals surface area contributed by atoms with Crippen molar-refractivity contribution in [2.24, 2.45) is 0 Å². The molecule has 1 atom stereocenters. The summed E-state index contributed by atoms with van der Waals surface area (Å²) in [5.41, 5.74) is 0. The number of aromatic nitrogens is 2. The summed E-state index contributed by atoms with van der Waals surface area (Å²) in [5, 5.41) is 8.66. The molecule has 2 rings (SSSR count). The Kier molecular flexibility index (Phi) is 3.08. The molecule has 14 heavy (non-hydrogen) atoms. The van der Waals surface area contributed by atoms with Gasteiger partial charge in [0.15, 0.2) is 4.34 Å². The van der Waals surface area contributed by atoms with Crippen molar-refractivity contribution >= 4 is 50.1 Å². The van der Waals surface area contributed by atoms with Crippen LogP contribution in [0.25, 0.3) is 0 Å². The first-order chi connectivity index (χ1) is 6.70. The molecule has 7 heteroatoms. The number of carbonyl (C=O) groups is 1. The SMILES string of the molecule is CSc1nnc(N2CC(Br)CC2=O)s1. The predicted octanol–water partition coefficient (Wildman–Crippen LogP) is 1.76. The van der Waals surface area contributed by atoms with Gasteiger partial charge < -0.3 is 0 Å². The number of alkyl halides is 1. The summed E-state index contributed by atoms with van der Waals surface area (Å²) in [6.45, 7) is 0.696. The molecule has 1 amide bonds. The summed E-state index contributed by atoms with van der Waals surface area (Å²) < 4.78 is 0.894. The Bertz CT molecular complexity index is 356. The van der Waals surface area contributed by atoms with E-state index in [0.29, 0.717) is 18.1 Å². The Labute approximate surface area is 98.2 Å². The number of carbonyl (C=O) groups excluding carboxylic acids is 1. The molecule has 1 aliphatic rings. The summed E-state index contributed by atoms with van der Waals surface area (Å²) in [6, 6.07) is 0. The highest BCUT2D eigenvalue weighted by Gasteiger charge is 2.30. The summed E-state index contributed by atoms with van der Waals surface area (Å²) in [5.74, 6) is 0.121. The largest absolute Gasteiger partial charge is 0.285 e. The number of hydrogen-bond acceptors (Lipinski definition) is 5. The van der Waals surface area contributed by atoms with E-state index in [1.165, 1.54) is 11.3 Å². The van der Waals surface area contributed by atoms with Crippen LogP contribution in [-0.4, -0.2) is 33.7 Å². The van der Waals surface area contributed by atoms with Crippen molar-refractivity contribution in [3.63, 3.8) is 0 Å². The molecular weight excluding hydrogens is 286 g/mol. The van der Waals surface area contributed by atoms with Gasteiger partial charge in [0, 0.05) is 17.8 Å². The number of nitrogens with zero attached hydrogens (tertiary/aromatic N) is 3. The van der Waals surface area contributed by atoms with Gasteiger partial charge in [0.05, 0.1) is 0 Å². The van der Waals surface area contributed by atoms with Crippen LogP contribution in [0, 0.1) is 0 Å². The van der Waals surface area contributed by atoms with Crippen LogP contribution in [0.1, 0.15) is 6.42 Å². The van der Waals surface area contributed by atoms with Crippen LogP contribution >= 0.6 is 39.0 Å². The maximum Gasteiger partial charge on any atom is 0.230 e. The molecule has 0 saturated carbocycles. The molecule has 1 aliphatic heterocycles. The lowest BCUT2D eigenvalue weighted by molar-refractivity contribution is -0.117. The minimum Gasteiger partial charge on any atom is -0.285 e. The van der Waals surface area contributed by atoms with Crippen LogP contribution in [0.4, 0.5) is 5.13 Å². The third kappa shape index (κ3) is 1.94. The minimum atomic E-state index is 0.121. The van der Waals surface area contributed by atoms with Gasteiger partial charge in [0.25, 0.3) is 0 Å². The quantitative estimate of drug-likeness (QED) is 0.474. The molecule has 76 valence electrons. The molecule has 1 unspecified atom stereocenters. The Balaban J connectivity index is 2.18. The van der Waals surface area contributed by atoms with E-state index >= 15 is 0 Å². The van der Waals surface area contributed by atoms with E-state index in [1.807, 2.05) is 6.26 Å². The topological polar surface area (TPSA) is 46.1 Å². The smallest absolute Gasteiger partial charge is 0.230 e. The van der Waals surface area contributed by atoms with E-state index in [1.54, 1.807) is 16.7 Å². The molecule has 0 radical (unpaired) electrons. The molecule has 1 saturated heterocycles. The van der Waals surface area contributed by atoms with Crippen molar-refractivity contribution in [2.45, 2.75) is 15.6 Å². The first-order valence-corrected chi connectivity index (χ1v) is 6.98. The van der Waals surface area contributed by atoms with Crippen molar-refractivity contribution in [3.05, 3.63) is 0 Å². The van der Waals surface area contributed by atoms with Crippen molar-refractivity contribution in [2.75, 3.05) is 17.7 Å². The zero-order valence-electron chi connectivity index (χ0n) is 7.44. The van der Waals surface area contributed by atoms with Gasteiger partial charge in [0.1, 0.15) is 0 Å². The predicted molar refractivity (Wildman–Crippen MR) is 61.4 cm³/mol. The van der Waals surface area contributed by atoms with Crippen molar-refractivity contribution in [1.82, 2.24) is 10.2 Å². The van der Waals surface area contributed by atoms with E-state index < -0.39 is 0 Å². The standard InChI is InChI=1S/C7H8BrN3OS2/c1-13-7-10-9-6(14-7)11-3-4(8)2-5(11)12/h4H,2-3H2,1H3. The molecule has 1 fully saturated rings.